The van der Waals surface area contributed by atoms with Gasteiger partial charge < -0.3 is 14.4 Å². The van der Waals surface area contributed by atoms with Crippen LogP contribution in [0.3, 0.4) is 0 Å². The van der Waals surface area contributed by atoms with Gasteiger partial charge >= 0.3 is 6.09 Å². The Morgan fingerprint density at radius 2 is 2.00 bits per heavy atom. The Bertz CT molecular complexity index is 1460. The van der Waals surface area contributed by atoms with E-state index in [1.165, 1.54) is 0 Å². The number of imidazole rings is 1. The quantitative estimate of drug-likeness (QED) is 0.406. The van der Waals surface area contributed by atoms with Crippen molar-refractivity contribution in [1.82, 2.24) is 14.1 Å². The predicted octanol–water partition coefficient (Wildman–Crippen LogP) is 4.63. The molecule has 0 saturated carbocycles. The van der Waals surface area contributed by atoms with Gasteiger partial charge in [0.15, 0.2) is 11.5 Å². The number of hydrogen-bond acceptors (Lipinski definition) is 4. The van der Waals surface area contributed by atoms with Crippen molar-refractivity contribution in [1.29, 1.82) is 0 Å². The molecule has 4 heterocycles. The van der Waals surface area contributed by atoms with Crippen molar-refractivity contribution in [3.8, 4) is 28.3 Å². The van der Waals surface area contributed by atoms with E-state index in [4.69, 9.17) is 11.3 Å². The Morgan fingerprint density at radius 3 is 2.74 bits per heavy atom. The van der Waals surface area contributed by atoms with Crippen molar-refractivity contribution in [3.05, 3.63) is 84.1 Å². The molecule has 0 radical (unpaired) electrons. The Labute approximate surface area is 196 Å². The zero-order valence-electron chi connectivity index (χ0n) is 18.4. The summed E-state index contributed by atoms with van der Waals surface area (Å²) < 4.78 is 9.55. The van der Waals surface area contributed by atoms with Gasteiger partial charge in [-0.15, -0.1) is 0 Å². The molecule has 2 aliphatic heterocycles. The molecule has 0 aliphatic carbocycles. The van der Waals surface area contributed by atoms with E-state index in [0.29, 0.717) is 12.2 Å². The number of fused-ring (bicyclic) bond motifs is 5. The summed E-state index contributed by atoms with van der Waals surface area (Å²) >= 11 is 0. The molecular weight excluding hydrogens is 430 g/mol. The molecule has 4 aromatic rings. The SMILES string of the molecule is [C-]#[N+]c1ccc(-c2cc3n(c2)Cc2cc(N4C(=O)O[C@H](CO)[C@@H]4C)ccc2-n2ccnc2-3)cc1. The van der Waals surface area contributed by atoms with Gasteiger partial charge in [-0.2, -0.15) is 0 Å². The average molecular weight is 451 g/mol. The lowest BCUT2D eigenvalue weighted by molar-refractivity contribution is 0.0853. The number of aromatic nitrogens is 3. The molecular formula is C26H21N5O3. The van der Waals surface area contributed by atoms with Crippen LogP contribution in [0.15, 0.2) is 67.1 Å². The molecule has 1 fully saturated rings. The maximum Gasteiger partial charge on any atom is 0.415 e. The van der Waals surface area contributed by atoms with Crippen LogP contribution in [0.1, 0.15) is 12.5 Å². The summed E-state index contributed by atoms with van der Waals surface area (Å²) in [7, 11) is 0. The van der Waals surface area contributed by atoms with Gasteiger partial charge in [0.25, 0.3) is 0 Å². The number of benzene rings is 2. The fourth-order valence-electron chi connectivity index (χ4n) is 4.82. The van der Waals surface area contributed by atoms with Crippen molar-refractivity contribution in [3.63, 3.8) is 0 Å². The minimum absolute atomic E-state index is 0.209. The average Bonchev–Trinajstić information content (AvgIpc) is 3.55. The lowest BCUT2D eigenvalue weighted by Crippen LogP contribution is -2.35. The number of anilines is 1. The summed E-state index contributed by atoms with van der Waals surface area (Å²) in [6, 6.07) is 15.3. The van der Waals surface area contributed by atoms with E-state index in [1.54, 1.807) is 11.1 Å². The van der Waals surface area contributed by atoms with Crippen molar-refractivity contribution in [2.24, 2.45) is 0 Å². The van der Waals surface area contributed by atoms with Crippen molar-refractivity contribution in [2.45, 2.75) is 25.6 Å². The van der Waals surface area contributed by atoms with Crippen molar-refractivity contribution in [2.75, 3.05) is 11.5 Å². The van der Waals surface area contributed by atoms with Crippen LogP contribution in [-0.4, -0.2) is 44.1 Å². The van der Waals surface area contributed by atoms with Gasteiger partial charge in [-0.3, -0.25) is 9.47 Å². The van der Waals surface area contributed by atoms with Crippen LogP contribution in [0.4, 0.5) is 16.2 Å². The van der Waals surface area contributed by atoms with E-state index in [1.807, 2.05) is 55.6 Å². The van der Waals surface area contributed by atoms with E-state index in [2.05, 4.69) is 31.2 Å². The molecule has 0 bridgehead atoms. The third-order valence-electron chi connectivity index (χ3n) is 6.61. The normalized spacial score (nSPS) is 18.5. The highest BCUT2D eigenvalue weighted by molar-refractivity contribution is 5.91. The number of amides is 1. The Balaban J connectivity index is 1.44. The molecule has 2 aromatic heterocycles. The van der Waals surface area contributed by atoms with Crippen LogP contribution in [0.5, 0.6) is 0 Å². The number of nitrogens with zero attached hydrogens (tertiary/aromatic N) is 5. The monoisotopic (exact) mass is 451 g/mol. The van der Waals surface area contributed by atoms with Crippen molar-refractivity contribution < 1.29 is 14.6 Å². The molecule has 2 aliphatic rings. The minimum atomic E-state index is -0.542. The standard InChI is InChI=1S/C26H21N5O3/c1-16-24(15-32)34-26(33)31(16)21-7-8-22-19(11-21)14-29-13-18(17-3-5-20(27-2)6-4-17)12-23(29)25-28-9-10-30(22)25/h3-13,16,24,32H,14-15H2,1H3/t16-,24+/m0/s1. The number of aliphatic hydroxyl groups excluding tert-OH is 1. The first-order valence-corrected chi connectivity index (χ1v) is 11.0. The Hall–Kier alpha value is -4.35. The van der Waals surface area contributed by atoms with Crippen LogP contribution in [0, 0.1) is 6.57 Å². The van der Waals surface area contributed by atoms with Crippen LogP contribution < -0.4 is 4.90 Å². The summed E-state index contributed by atoms with van der Waals surface area (Å²) in [6.07, 6.45) is 4.83. The molecule has 168 valence electrons. The van der Waals surface area contributed by atoms with E-state index >= 15 is 0 Å². The summed E-state index contributed by atoms with van der Waals surface area (Å²) in [4.78, 5) is 22.2. The number of carbonyl (C=O) groups excluding carboxylic acids is 1. The number of cyclic esters (lactones) is 1. The van der Waals surface area contributed by atoms with Gasteiger partial charge in [0, 0.05) is 36.4 Å². The van der Waals surface area contributed by atoms with Crippen molar-refractivity contribution >= 4 is 17.5 Å². The van der Waals surface area contributed by atoms with E-state index in [-0.39, 0.29) is 12.6 Å². The van der Waals surface area contributed by atoms with Gasteiger partial charge in [0.1, 0.15) is 6.10 Å². The highest BCUT2D eigenvalue weighted by Gasteiger charge is 2.39. The maximum atomic E-state index is 12.5. The second-order valence-electron chi connectivity index (χ2n) is 8.55. The first-order chi connectivity index (χ1) is 16.6. The first-order valence-electron chi connectivity index (χ1n) is 11.0. The van der Waals surface area contributed by atoms with Crippen LogP contribution in [0.2, 0.25) is 0 Å². The minimum Gasteiger partial charge on any atom is -0.441 e. The van der Waals surface area contributed by atoms with E-state index in [0.717, 1.165) is 39.6 Å². The highest BCUT2D eigenvalue weighted by atomic mass is 16.6. The second kappa shape index (κ2) is 7.61. The van der Waals surface area contributed by atoms with Gasteiger partial charge in [-0.1, -0.05) is 24.3 Å². The summed E-state index contributed by atoms with van der Waals surface area (Å²) in [5.41, 5.74) is 6.45. The third-order valence-corrected chi connectivity index (χ3v) is 6.61. The Morgan fingerprint density at radius 1 is 1.18 bits per heavy atom. The molecule has 0 spiro atoms. The van der Waals surface area contributed by atoms with Gasteiger partial charge in [-0.05, 0) is 42.3 Å². The van der Waals surface area contributed by atoms with Crippen LogP contribution in [-0.2, 0) is 11.3 Å². The number of aliphatic hydroxyl groups is 1. The topological polar surface area (TPSA) is 76.9 Å². The number of carbonyl (C=O) groups is 1. The number of ether oxygens (including phenoxy) is 1. The molecule has 0 unspecified atom stereocenters. The molecule has 2 aromatic carbocycles. The van der Waals surface area contributed by atoms with E-state index < -0.39 is 12.2 Å². The lowest BCUT2D eigenvalue weighted by Gasteiger charge is -2.21. The third kappa shape index (κ3) is 3.02. The molecule has 2 atom stereocenters. The highest BCUT2D eigenvalue weighted by Crippen LogP contribution is 2.36. The summed E-state index contributed by atoms with van der Waals surface area (Å²) in [5.74, 6) is 0.838. The zero-order valence-corrected chi connectivity index (χ0v) is 18.4. The fraction of sp³-hybridized carbons (Fsp3) is 0.192. The predicted molar refractivity (Wildman–Crippen MR) is 127 cm³/mol. The first kappa shape index (κ1) is 20.3. The zero-order chi connectivity index (χ0) is 23.4. The number of rotatable bonds is 3. The number of hydrogen-bond donors (Lipinski definition) is 1. The Kier molecular flexibility index (Phi) is 4.54. The molecule has 6 rings (SSSR count). The molecule has 1 amide bonds. The largest absolute Gasteiger partial charge is 0.441 e. The van der Waals surface area contributed by atoms with Gasteiger partial charge in [0.2, 0.25) is 0 Å². The summed E-state index contributed by atoms with van der Waals surface area (Å²) in [6.45, 7) is 9.44. The molecule has 8 heteroatoms. The fourth-order valence-corrected chi connectivity index (χ4v) is 4.82. The van der Waals surface area contributed by atoms with Gasteiger partial charge in [0.05, 0.1) is 30.6 Å². The molecule has 1 N–H and O–H groups in total. The van der Waals surface area contributed by atoms with Crippen LogP contribution >= 0.6 is 0 Å². The maximum absolute atomic E-state index is 12.5. The van der Waals surface area contributed by atoms with E-state index in [9.17, 15) is 9.90 Å². The summed E-state index contributed by atoms with van der Waals surface area (Å²) in [5, 5.41) is 9.54. The van der Waals surface area contributed by atoms with Gasteiger partial charge in [-0.25, -0.2) is 14.6 Å². The smallest absolute Gasteiger partial charge is 0.415 e. The molecule has 1 saturated heterocycles. The second-order valence-corrected chi connectivity index (χ2v) is 8.55. The molecule has 34 heavy (non-hydrogen) atoms. The molecule has 8 nitrogen and oxygen atoms in total. The lowest BCUT2D eigenvalue weighted by atomic mass is 10.1. The van der Waals surface area contributed by atoms with Crippen LogP contribution in [0.25, 0.3) is 33.2 Å².